The molecule has 0 aromatic heterocycles. The molecule has 0 saturated heterocycles. The van der Waals surface area contributed by atoms with E-state index in [9.17, 15) is 24.7 Å². The summed E-state index contributed by atoms with van der Waals surface area (Å²) in [4.78, 5) is 38.5. The smallest absolute Gasteiger partial charge is 0.284 e. The van der Waals surface area contributed by atoms with Gasteiger partial charge in [-0.2, -0.15) is 0 Å². The molecule has 0 fully saturated rings. The number of carbonyl (C=O) groups excluding carboxylic acids is 3. The number of ketones is 1. The fraction of sp³-hybridized carbons (Fsp3) is 0.261. The van der Waals surface area contributed by atoms with E-state index in [1.807, 2.05) is 0 Å². The molecule has 9 heteroatoms. The zero-order chi connectivity index (χ0) is 24.1. The van der Waals surface area contributed by atoms with E-state index in [1.165, 1.54) is 20.2 Å². The van der Waals surface area contributed by atoms with Crippen molar-refractivity contribution in [3.63, 3.8) is 0 Å². The summed E-state index contributed by atoms with van der Waals surface area (Å²) in [5.41, 5.74) is 1.94. The molecule has 0 bridgehead atoms. The molecular weight excluding hydrogens is 414 g/mol. The molecule has 0 aliphatic heterocycles. The predicted molar refractivity (Wildman–Crippen MR) is 116 cm³/mol. The second-order valence-electron chi connectivity index (χ2n) is 7.10. The molecule has 2 rings (SSSR count). The summed E-state index contributed by atoms with van der Waals surface area (Å²) < 4.78 is 0. The van der Waals surface area contributed by atoms with Crippen LogP contribution in [-0.4, -0.2) is 58.9 Å². The van der Waals surface area contributed by atoms with Gasteiger partial charge in [0.25, 0.3) is 5.91 Å². The molecule has 0 radical (unpaired) electrons. The van der Waals surface area contributed by atoms with Gasteiger partial charge >= 0.3 is 0 Å². The highest BCUT2D eigenvalue weighted by atomic mass is 16.6. The van der Waals surface area contributed by atoms with Crippen LogP contribution in [0.25, 0.3) is 11.1 Å². The quantitative estimate of drug-likeness (QED) is 0.134. The van der Waals surface area contributed by atoms with Gasteiger partial charge in [-0.05, 0) is 35.7 Å². The van der Waals surface area contributed by atoms with Crippen molar-refractivity contribution in [1.82, 2.24) is 15.9 Å². The van der Waals surface area contributed by atoms with E-state index in [1.54, 1.807) is 36.4 Å². The molecule has 168 valence electrons. The lowest BCUT2D eigenvalue weighted by Gasteiger charge is -2.28. The van der Waals surface area contributed by atoms with Crippen LogP contribution in [0, 0.1) is 17.8 Å². The average molecular weight is 439 g/mol. The van der Waals surface area contributed by atoms with Crippen LogP contribution >= 0.6 is 0 Å². The van der Waals surface area contributed by atoms with E-state index in [2.05, 4.69) is 16.7 Å². The van der Waals surface area contributed by atoms with Crippen molar-refractivity contribution in [2.75, 3.05) is 20.7 Å². The molecule has 5 N–H and O–H groups in total. The van der Waals surface area contributed by atoms with Crippen LogP contribution in [0.3, 0.4) is 0 Å². The molecule has 0 spiro atoms. The summed E-state index contributed by atoms with van der Waals surface area (Å²) in [6.45, 7) is 0.704. The molecule has 0 saturated carbocycles. The molecular formula is C23H25N3O6. The monoisotopic (exact) mass is 439 g/mol. The van der Waals surface area contributed by atoms with Crippen LogP contribution in [0.15, 0.2) is 42.5 Å². The molecule has 0 heterocycles. The minimum atomic E-state index is -2.28. The van der Waals surface area contributed by atoms with Crippen molar-refractivity contribution in [1.29, 1.82) is 0 Å². The van der Waals surface area contributed by atoms with Crippen molar-refractivity contribution >= 4 is 17.6 Å². The summed E-state index contributed by atoms with van der Waals surface area (Å²) in [5, 5.41) is 30.9. The van der Waals surface area contributed by atoms with E-state index < -0.39 is 35.7 Å². The van der Waals surface area contributed by atoms with Gasteiger partial charge in [0, 0.05) is 25.2 Å². The maximum absolute atomic E-state index is 13.3. The highest BCUT2D eigenvalue weighted by Crippen LogP contribution is 2.30. The van der Waals surface area contributed by atoms with Gasteiger partial charge in [0.1, 0.15) is 6.10 Å². The number of hydrazine groups is 1. The number of aliphatic hydroxyl groups excluding tert-OH is 2. The number of rotatable bonds is 8. The normalized spacial score (nSPS) is 13.4. The Hall–Kier alpha value is -3.55. The zero-order valence-corrected chi connectivity index (χ0v) is 17.9. The Morgan fingerprint density at radius 1 is 1.12 bits per heavy atom. The Bertz CT molecular complexity index is 1060. The number of terminal acetylenes is 1. The van der Waals surface area contributed by atoms with Crippen LogP contribution in [0.1, 0.15) is 34.5 Å². The minimum absolute atomic E-state index is 0.0347. The first kappa shape index (κ1) is 24.7. The van der Waals surface area contributed by atoms with E-state index in [0.717, 1.165) is 12.5 Å². The summed E-state index contributed by atoms with van der Waals surface area (Å²) in [6, 6.07) is 11.3. The number of carbonyl (C=O) groups is 3. The third-order valence-electron chi connectivity index (χ3n) is 5.19. The Balaban J connectivity index is 2.52. The van der Waals surface area contributed by atoms with Gasteiger partial charge in [-0.25, -0.2) is 5.43 Å². The van der Waals surface area contributed by atoms with E-state index >= 15 is 0 Å². The van der Waals surface area contributed by atoms with Gasteiger partial charge in [0.2, 0.25) is 5.91 Å². The van der Waals surface area contributed by atoms with Gasteiger partial charge < -0.3 is 15.5 Å². The van der Waals surface area contributed by atoms with Crippen LogP contribution in [-0.2, 0) is 9.59 Å². The molecule has 9 nitrogen and oxygen atoms in total. The largest absolute Gasteiger partial charge is 0.393 e. The van der Waals surface area contributed by atoms with Gasteiger partial charge in [0.15, 0.2) is 11.2 Å². The summed E-state index contributed by atoms with van der Waals surface area (Å²) >= 11 is 0. The molecule has 0 aliphatic carbocycles. The molecule has 2 amide bonds. The summed E-state index contributed by atoms with van der Waals surface area (Å²) in [7, 11) is 2.52. The standard InChI is InChI=1S/C23H25N3O6/c1-5-14-12-17(15-6-8-16(9-7-15)19(28)13-27)10-11-18(14)20(29)23(2,21(30)24-3)22(31)26(32)25-4/h1,6-12,19,25,27-28,32H,13H2,2-4H3,(H,24,30)/t19-,23-/m0/s1. The SMILES string of the molecule is C#Cc1cc(-c2ccc([C@@H](O)CO)cc2)ccc1C(=O)[C@@](C)(C(=O)NC)C(=O)N(O)NC. The number of Topliss-reactive ketones (excluding diaryl/α,β-unsaturated/α-hetero) is 1. The zero-order valence-electron chi connectivity index (χ0n) is 17.9. The number of nitrogens with one attached hydrogen (secondary N) is 2. The second-order valence-corrected chi connectivity index (χ2v) is 7.10. The number of nitrogens with zero attached hydrogens (tertiary/aromatic N) is 1. The highest BCUT2D eigenvalue weighted by molar-refractivity contribution is 6.27. The average Bonchev–Trinajstić information content (AvgIpc) is 2.85. The Kier molecular flexibility index (Phi) is 7.86. The van der Waals surface area contributed by atoms with Crippen LogP contribution in [0.4, 0.5) is 0 Å². The fourth-order valence-electron chi connectivity index (χ4n) is 3.17. The van der Waals surface area contributed by atoms with Crippen LogP contribution < -0.4 is 10.7 Å². The molecule has 2 aromatic rings. The fourth-order valence-corrected chi connectivity index (χ4v) is 3.17. The lowest BCUT2D eigenvalue weighted by molar-refractivity contribution is -0.186. The molecule has 32 heavy (non-hydrogen) atoms. The number of aliphatic hydroxyl groups is 2. The third-order valence-corrected chi connectivity index (χ3v) is 5.19. The predicted octanol–water partition coefficient (Wildman–Crippen LogP) is 0.648. The van der Waals surface area contributed by atoms with E-state index in [0.29, 0.717) is 11.1 Å². The van der Waals surface area contributed by atoms with Crippen molar-refractivity contribution < 1.29 is 29.8 Å². The number of amides is 2. The van der Waals surface area contributed by atoms with Gasteiger partial charge in [-0.1, -0.05) is 36.3 Å². The number of hydrogen-bond acceptors (Lipinski definition) is 7. The summed E-state index contributed by atoms with van der Waals surface area (Å²) in [6.07, 6.45) is 4.62. The van der Waals surface area contributed by atoms with Crippen LogP contribution in [0.5, 0.6) is 0 Å². The molecule has 2 aromatic carbocycles. The molecule has 0 aliphatic rings. The maximum atomic E-state index is 13.3. The number of hydroxylamine groups is 1. The molecule has 2 atom stereocenters. The Morgan fingerprint density at radius 3 is 2.22 bits per heavy atom. The molecule has 0 unspecified atom stereocenters. The first-order chi connectivity index (χ1) is 15.1. The van der Waals surface area contributed by atoms with Crippen molar-refractivity contribution in [2.45, 2.75) is 13.0 Å². The van der Waals surface area contributed by atoms with Crippen molar-refractivity contribution in [3.05, 3.63) is 59.2 Å². The Labute approximate surface area is 185 Å². The van der Waals surface area contributed by atoms with Gasteiger partial charge in [-0.15, -0.1) is 11.6 Å². The highest BCUT2D eigenvalue weighted by Gasteiger charge is 2.51. The second kappa shape index (κ2) is 10.2. The first-order valence-corrected chi connectivity index (χ1v) is 9.63. The third kappa shape index (κ3) is 4.54. The Morgan fingerprint density at radius 2 is 1.72 bits per heavy atom. The van der Waals surface area contributed by atoms with Crippen LogP contribution in [0.2, 0.25) is 0 Å². The minimum Gasteiger partial charge on any atom is -0.393 e. The number of hydrogen-bond donors (Lipinski definition) is 5. The van der Waals surface area contributed by atoms with E-state index in [-0.39, 0.29) is 16.3 Å². The van der Waals surface area contributed by atoms with E-state index in [4.69, 9.17) is 11.5 Å². The lowest BCUT2D eigenvalue weighted by atomic mass is 9.78. The maximum Gasteiger partial charge on any atom is 0.284 e. The lowest BCUT2D eigenvalue weighted by Crippen LogP contribution is -2.56. The topological polar surface area (TPSA) is 139 Å². The van der Waals surface area contributed by atoms with Gasteiger partial charge in [-0.3, -0.25) is 19.6 Å². The van der Waals surface area contributed by atoms with Gasteiger partial charge in [0.05, 0.1) is 6.61 Å². The summed E-state index contributed by atoms with van der Waals surface area (Å²) in [5.74, 6) is -0.552. The van der Waals surface area contributed by atoms with Crippen molar-refractivity contribution in [2.24, 2.45) is 5.41 Å². The number of benzene rings is 2. The van der Waals surface area contributed by atoms with Crippen molar-refractivity contribution in [3.8, 4) is 23.5 Å². The first-order valence-electron chi connectivity index (χ1n) is 9.63.